The van der Waals surface area contributed by atoms with E-state index in [1.54, 1.807) is 4.90 Å². The van der Waals surface area contributed by atoms with Crippen molar-refractivity contribution in [3.8, 4) is 0 Å². The number of hydrogen-bond acceptors (Lipinski definition) is 3. The predicted octanol–water partition coefficient (Wildman–Crippen LogP) is 0.262. The van der Waals surface area contributed by atoms with E-state index < -0.39 is 9.84 Å². The minimum Gasteiger partial charge on any atom is -0.342 e. The van der Waals surface area contributed by atoms with E-state index in [-0.39, 0.29) is 17.4 Å². The molecule has 1 rings (SSSR count). The molecule has 0 bridgehead atoms. The van der Waals surface area contributed by atoms with E-state index in [0.29, 0.717) is 31.8 Å². The summed E-state index contributed by atoms with van der Waals surface area (Å²) in [7, 11) is -2.93. The van der Waals surface area contributed by atoms with Gasteiger partial charge in [-0.25, -0.2) is 8.42 Å². The lowest BCUT2D eigenvalue weighted by Crippen LogP contribution is -2.33. The van der Waals surface area contributed by atoms with Crippen molar-refractivity contribution >= 4 is 27.3 Å². The molecule has 0 atom stereocenters. The van der Waals surface area contributed by atoms with Gasteiger partial charge < -0.3 is 4.90 Å². The summed E-state index contributed by atoms with van der Waals surface area (Å²) in [5.41, 5.74) is 0. The lowest BCUT2D eigenvalue weighted by atomic mass is 10.3. The predicted molar refractivity (Wildman–Crippen MR) is 55.2 cm³/mol. The highest BCUT2D eigenvalue weighted by Gasteiger charge is 2.21. The molecule has 0 aromatic heterocycles. The van der Waals surface area contributed by atoms with Gasteiger partial charge >= 0.3 is 0 Å². The summed E-state index contributed by atoms with van der Waals surface area (Å²) in [4.78, 5) is 13.0. The fourth-order valence-corrected chi connectivity index (χ4v) is 2.86. The van der Waals surface area contributed by atoms with Crippen LogP contribution < -0.4 is 0 Å². The lowest BCUT2D eigenvalue weighted by Gasteiger charge is -2.18. The van der Waals surface area contributed by atoms with Gasteiger partial charge in [0.1, 0.15) is 0 Å². The summed E-state index contributed by atoms with van der Waals surface area (Å²) in [6, 6.07) is 0. The maximum atomic E-state index is 11.4. The second kappa shape index (κ2) is 4.98. The normalized spacial score (nSPS) is 21.6. The number of amides is 1. The van der Waals surface area contributed by atoms with Gasteiger partial charge in [0.25, 0.3) is 0 Å². The van der Waals surface area contributed by atoms with Gasteiger partial charge in [-0.05, 0) is 6.42 Å². The highest BCUT2D eigenvalue weighted by atomic mass is 35.5. The van der Waals surface area contributed by atoms with Crippen molar-refractivity contribution in [2.24, 2.45) is 0 Å². The van der Waals surface area contributed by atoms with Gasteiger partial charge in [0.05, 0.1) is 11.5 Å². The van der Waals surface area contributed by atoms with E-state index in [0.717, 1.165) is 0 Å². The van der Waals surface area contributed by atoms with E-state index in [4.69, 9.17) is 11.6 Å². The highest BCUT2D eigenvalue weighted by molar-refractivity contribution is 7.91. The van der Waals surface area contributed by atoms with Gasteiger partial charge in [-0.2, -0.15) is 0 Å². The van der Waals surface area contributed by atoms with Crippen LogP contribution in [-0.4, -0.2) is 49.7 Å². The zero-order valence-corrected chi connectivity index (χ0v) is 9.48. The van der Waals surface area contributed by atoms with Crippen molar-refractivity contribution in [2.45, 2.75) is 12.8 Å². The Balaban J connectivity index is 2.54. The summed E-state index contributed by atoms with van der Waals surface area (Å²) >= 11 is 5.45. The third kappa shape index (κ3) is 3.46. The molecule has 0 aliphatic carbocycles. The van der Waals surface area contributed by atoms with Gasteiger partial charge in [-0.1, -0.05) is 0 Å². The summed E-state index contributed by atoms with van der Waals surface area (Å²) < 4.78 is 22.5. The maximum absolute atomic E-state index is 11.4. The highest BCUT2D eigenvalue weighted by Crippen LogP contribution is 2.06. The second-order valence-electron chi connectivity index (χ2n) is 3.33. The summed E-state index contributed by atoms with van der Waals surface area (Å²) in [6.45, 7) is 0.854. The van der Waals surface area contributed by atoms with Crippen LogP contribution in [0.2, 0.25) is 0 Å². The fraction of sp³-hybridized carbons (Fsp3) is 0.875. The molecule has 0 spiro atoms. The summed E-state index contributed by atoms with van der Waals surface area (Å²) in [6.07, 6.45) is 0.831. The van der Waals surface area contributed by atoms with Crippen molar-refractivity contribution < 1.29 is 13.2 Å². The van der Waals surface area contributed by atoms with Gasteiger partial charge in [-0.15, -0.1) is 11.6 Å². The first-order valence-corrected chi connectivity index (χ1v) is 6.95. The molecule has 1 aliphatic heterocycles. The summed E-state index contributed by atoms with van der Waals surface area (Å²) in [5, 5.41) is 0. The Morgan fingerprint density at radius 1 is 1.29 bits per heavy atom. The molecule has 0 radical (unpaired) electrons. The number of hydrogen-bond donors (Lipinski definition) is 0. The van der Waals surface area contributed by atoms with E-state index >= 15 is 0 Å². The third-order valence-corrected chi connectivity index (χ3v) is 4.12. The van der Waals surface area contributed by atoms with Gasteiger partial charge in [-0.3, -0.25) is 4.79 Å². The molecule has 1 aliphatic rings. The number of halogens is 1. The van der Waals surface area contributed by atoms with Crippen molar-refractivity contribution in [1.29, 1.82) is 0 Å². The first kappa shape index (κ1) is 11.8. The summed E-state index contributed by atoms with van der Waals surface area (Å²) in [5.74, 6) is 0.526. The minimum absolute atomic E-state index is 0.0444. The van der Waals surface area contributed by atoms with E-state index in [1.165, 1.54) is 0 Å². The van der Waals surface area contributed by atoms with Crippen molar-refractivity contribution in [3.63, 3.8) is 0 Å². The number of nitrogens with zero attached hydrogens (tertiary/aromatic N) is 1. The Labute approximate surface area is 89.1 Å². The molecule has 1 fully saturated rings. The molecule has 1 amide bonds. The number of sulfone groups is 1. The molecule has 0 N–H and O–H groups in total. The molecular formula is C8H14ClNO3S. The van der Waals surface area contributed by atoms with E-state index in [9.17, 15) is 13.2 Å². The molecule has 0 aromatic carbocycles. The molecule has 82 valence electrons. The van der Waals surface area contributed by atoms with Crippen LogP contribution in [0.1, 0.15) is 12.8 Å². The van der Waals surface area contributed by atoms with Crippen LogP contribution in [-0.2, 0) is 14.6 Å². The Hall–Kier alpha value is -0.290. The Kier molecular flexibility index (Phi) is 4.19. The number of rotatable bonds is 2. The molecule has 0 aromatic rings. The molecular weight excluding hydrogens is 226 g/mol. The third-order valence-electron chi connectivity index (χ3n) is 2.22. The van der Waals surface area contributed by atoms with E-state index in [1.807, 2.05) is 0 Å². The van der Waals surface area contributed by atoms with Crippen LogP contribution >= 0.6 is 11.6 Å². The monoisotopic (exact) mass is 239 g/mol. The van der Waals surface area contributed by atoms with Crippen LogP contribution in [0.4, 0.5) is 0 Å². The van der Waals surface area contributed by atoms with Crippen LogP contribution in [0.25, 0.3) is 0 Å². The van der Waals surface area contributed by atoms with Gasteiger partial charge in [0.2, 0.25) is 5.91 Å². The molecule has 1 heterocycles. The Morgan fingerprint density at radius 2 is 2.00 bits per heavy atom. The Morgan fingerprint density at radius 3 is 2.64 bits per heavy atom. The fourth-order valence-electron chi connectivity index (χ4n) is 1.43. The number of alkyl halides is 1. The maximum Gasteiger partial charge on any atom is 0.223 e. The molecule has 4 nitrogen and oxygen atoms in total. The standard InChI is InChI=1S/C8H14ClNO3S/c9-3-2-8(11)10-4-1-6-14(12,13)7-5-10/h1-7H2. The molecule has 0 unspecified atom stereocenters. The SMILES string of the molecule is O=C(CCCl)N1CCCS(=O)(=O)CC1. The van der Waals surface area contributed by atoms with Gasteiger partial charge in [0, 0.05) is 25.4 Å². The number of carbonyl (C=O) groups excluding carboxylic acids is 1. The largest absolute Gasteiger partial charge is 0.342 e. The topological polar surface area (TPSA) is 54.5 Å². The first-order valence-electron chi connectivity index (χ1n) is 4.59. The van der Waals surface area contributed by atoms with Crippen LogP contribution in [0, 0.1) is 0 Å². The Bertz CT molecular complexity index is 302. The zero-order valence-electron chi connectivity index (χ0n) is 7.91. The second-order valence-corrected chi connectivity index (χ2v) is 6.01. The van der Waals surface area contributed by atoms with Gasteiger partial charge in [0.15, 0.2) is 9.84 Å². The van der Waals surface area contributed by atoms with Crippen LogP contribution in [0.5, 0.6) is 0 Å². The average molecular weight is 240 g/mol. The first-order chi connectivity index (χ1) is 6.55. The number of carbonyl (C=O) groups is 1. The van der Waals surface area contributed by atoms with Crippen molar-refractivity contribution in [3.05, 3.63) is 0 Å². The van der Waals surface area contributed by atoms with Crippen LogP contribution in [0.3, 0.4) is 0 Å². The van der Waals surface area contributed by atoms with E-state index in [2.05, 4.69) is 0 Å². The lowest BCUT2D eigenvalue weighted by molar-refractivity contribution is -0.130. The minimum atomic E-state index is -2.93. The average Bonchev–Trinajstić information content (AvgIpc) is 2.27. The molecule has 6 heteroatoms. The smallest absolute Gasteiger partial charge is 0.223 e. The quantitative estimate of drug-likeness (QED) is 0.650. The zero-order chi connectivity index (χ0) is 10.6. The molecule has 0 saturated carbocycles. The molecule has 14 heavy (non-hydrogen) atoms. The molecule has 1 saturated heterocycles. The van der Waals surface area contributed by atoms with Crippen molar-refractivity contribution in [2.75, 3.05) is 30.5 Å². The van der Waals surface area contributed by atoms with Crippen LogP contribution in [0.15, 0.2) is 0 Å². The van der Waals surface area contributed by atoms with Crippen molar-refractivity contribution in [1.82, 2.24) is 4.90 Å².